The standard InChI is InChI=1S/C14H18FNO/c1-16-14-12(17)9-8-11(13(14)15)7-6-10-4-2-3-5-10/h4,8-9,16-17H,2-3,5-7H2,1H3. The molecule has 1 aromatic rings. The molecule has 0 aromatic heterocycles. The predicted molar refractivity (Wildman–Crippen MR) is 67.9 cm³/mol. The van der Waals surface area contributed by atoms with E-state index in [1.54, 1.807) is 19.2 Å². The van der Waals surface area contributed by atoms with Gasteiger partial charge in [-0.3, -0.25) is 0 Å². The molecule has 0 saturated carbocycles. The molecular weight excluding hydrogens is 217 g/mol. The molecule has 0 spiro atoms. The minimum Gasteiger partial charge on any atom is -0.506 e. The summed E-state index contributed by atoms with van der Waals surface area (Å²) in [5.74, 6) is -0.361. The molecule has 3 heteroatoms. The summed E-state index contributed by atoms with van der Waals surface area (Å²) in [5.41, 5.74) is 2.30. The van der Waals surface area contributed by atoms with Gasteiger partial charge in [0.2, 0.25) is 0 Å². The Bertz CT molecular complexity index is 440. The van der Waals surface area contributed by atoms with E-state index in [9.17, 15) is 9.50 Å². The van der Waals surface area contributed by atoms with Gasteiger partial charge in [-0.2, -0.15) is 0 Å². The smallest absolute Gasteiger partial charge is 0.153 e. The highest BCUT2D eigenvalue weighted by Crippen LogP contribution is 2.30. The molecule has 0 unspecified atom stereocenters. The third-order valence-electron chi connectivity index (χ3n) is 3.30. The third kappa shape index (κ3) is 2.60. The summed E-state index contributed by atoms with van der Waals surface area (Å²) in [6, 6.07) is 3.22. The maximum Gasteiger partial charge on any atom is 0.153 e. The van der Waals surface area contributed by atoms with Crippen molar-refractivity contribution in [1.82, 2.24) is 0 Å². The van der Waals surface area contributed by atoms with Crippen molar-refractivity contribution >= 4 is 5.69 Å². The first-order valence-electron chi connectivity index (χ1n) is 6.08. The lowest BCUT2D eigenvalue weighted by Crippen LogP contribution is -1.99. The maximum atomic E-state index is 14.0. The monoisotopic (exact) mass is 235 g/mol. The van der Waals surface area contributed by atoms with Crippen molar-refractivity contribution in [1.29, 1.82) is 0 Å². The summed E-state index contributed by atoms with van der Waals surface area (Å²) < 4.78 is 14.0. The Balaban J connectivity index is 2.10. The molecular formula is C14H18FNO. The molecule has 0 saturated heterocycles. The Morgan fingerprint density at radius 2 is 2.18 bits per heavy atom. The van der Waals surface area contributed by atoms with Crippen LogP contribution in [0, 0.1) is 5.82 Å². The van der Waals surface area contributed by atoms with Gasteiger partial charge in [0, 0.05) is 7.05 Å². The molecule has 0 aliphatic heterocycles. The third-order valence-corrected chi connectivity index (χ3v) is 3.30. The van der Waals surface area contributed by atoms with Crippen LogP contribution in [0.5, 0.6) is 5.75 Å². The summed E-state index contributed by atoms with van der Waals surface area (Å²) in [6.45, 7) is 0. The summed E-state index contributed by atoms with van der Waals surface area (Å²) >= 11 is 0. The first kappa shape index (κ1) is 12.0. The fourth-order valence-electron chi connectivity index (χ4n) is 2.30. The summed E-state index contributed by atoms with van der Waals surface area (Å²) in [5, 5.41) is 12.2. The van der Waals surface area contributed by atoms with Gasteiger partial charge >= 0.3 is 0 Å². The van der Waals surface area contributed by atoms with Gasteiger partial charge in [-0.05, 0) is 43.7 Å². The van der Waals surface area contributed by atoms with Crippen molar-refractivity contribution < 1.29 is 9.50 Å². The van der Waals surface area contributed by atoms with Crippen molar-refractivity contribution in [2.45, 2.75) is 32.1 Å². The number of phenols is 1. The van der Waals surface area contributed by atoms with Crippen LogP contribution in [0.1, 0.15) is 31.2 Å². The second-order valence-electron chi connectivity index (χ2n) is 4.44. The topological polar surface area (TPSA) is 32.3 Å². The number of halogens is 1. The van der Waals surface area contributed by atoms with Gasteiger partial charge in [0.05, 0.1) is 0 Å². The lowest BCUT2D eigenvalue weighted by molar-refractivity contribution is 0.471. The number of aryl methyl sites for hydroxylation is 1. The van der Waals surface area contributed by atoms with Crippen LogP contribution in [-0.4, -0.2) is 12.2 Å². The summed E-state index contributed by atoms with van der Waals surface area (Å²) in [6.07, 6.45) is 7.43. The molecule has 1 aliphatic carbocycles. The highest BCUT2D eigenvalue weighted by molar-refractivity contribution is 5.58. The number of nitrogens with one attached hydrogen (secondary N) is 1. The first-order valence-corrected chi connectivity index (χ1v) is 6.08. The molecule has 0 bridgehead atoms. The second-order valence-corrected chi connectivity index (χ2v) is 4.44. The van der Waals surface area contributed by atoms with Gasteiger partial charge in [-0.1, -0.05) is 17.7 Å². The van der Waals surface area contributed by atoms with Crippen LogP contribution >= 0.6 is 0 Å². The molecule has 2 N–H and O–H groups in total. The Labute approximate surface area is 101 Å². The van der Waals surface area contributed by atoms with Crippen LogP contribution in [0.15, 0.2) is 23.8 Å². The summed E-state index contributed by atoms with van der Waals surface area (Å²) in [7, 11) is 1.61. The number of allylic oxidation sites excluding steroid dienone is 2. The van der Waals surface area contributed by atoms with E-state index in [1.807, 2.05) is 0 Å². The van der Waals surface area contributed by atoms with Crippen molar-refractivity contribution in [3.05, 3.63) is 35.2 Å². The van der Waals surface area contributed by atoms with Gasteiger partial charge in [-0.15, -0.1) is 0 Å². The SMILES string of the molecule is CNc1c(O)ccc(CCC2=CCCC2)c1F. The van der Waals surface area contributed by atoms with Crippen LogP contribution in [-0.2, 0) is 6.42 Å². The zero-order valence-electron chi connectivity index (χ0n) is 10.1. The van der Waals surface area contributed by atoms with Gasteiger partial charge in [-0.25, -0.2) is 4.39 Å². The number of hydrogen-bond donors (Lipinski definition) is 2. The highest BCUT2D eigenvalue weighted by Gasteiger charge is 2.12. The zero-order valence-corrected chi connectivity index (χ0v) is 10.1. The Morgan fingerprint density at radius 1 is 1.35 bits per heavy atom. The van der Waals surface area contributed by atoms with Gasteiger partial charge in [0.15, 0.2) is 5.82 Å². The number of aromatic hydroxyl groups is 1. The van der Waals surface area contributed by atoms with Crippen LogP contribution in [0.2, 0.25) is 0 Å². The van der Waals surface area contributed by atoms with E-state index in [2.05, 4.69) is 11.4 Å². The van der Waals surface area contributed by atoms with Crippen molar-refractivity contribution in [2.75, 3.05) is 12.4 Å². The van der Waals surface area contributed by atoms with E-state index in [4.69, 9.17) is 0 Å². The normalized spacial score (nSPS) is 14.8. The van der Waals surface area contributed by atoms with E-state index in [0.717, 1.165) is 19.3 Å². The Morgan fingerprint density at radius 3 is 2.82 bits per heavy atom. The van der Waals surface area contributed by atoms with Crippen molar-refractivity contribution in [2.24, 2.45) is 0 Å². The number of rotatable bonds is 4. The zero-order chi connectivity index (χ0) is 12.3. The number of benzene rings is 1. The van der Waals surface area contributed by atoms with Crippen molar-refractivity contribution in [3.63, 3.8) is 0 Å². The highest BCUT2D eigenvalue weighted by atomic mass is 19.1. The Hall–Kier alpha value is -1.51. The second kappa shape index (κ2) is 5.21. The lowest BCUT2D eigenvalue weighted by atomic mass is 10.0. The van der Waals surface area contributed by atoms with E-state index >= 15 is 0 Å². The summed E-state index contributed by atoms with van der Waals surface area (Å²) in [4.78, 5) is 0. The number of phenolic OH excluding ortho intramolecular Hbond substituents is 1. The molecule has 1 aliphatic rings. The van der Waals surface area contributed by atoms with Gasteiger partial charge in [0.25, 0.3) is 0 Å². The van der Waals surface area contributed by atoms with Gasteiger partial charge < -0.3 is 10.4 Å². The lowest BCUT2D eigenvalue weighted by Gasteiger charge is -2.10. The van der Waals surface area contributed by atoms with Crippen molar-refractivity contribution in [3.8, 4) is 5.75 Å². The van der Waals surface area contributed by atoms with Crippen LogP contribution in [0.3, 0.4) is 0 Å². The minimum atomic E-state index is -0.328. The maximum absolute atomic E-state index is 14.0. The molecule has 1 aromatic carbocycles. The van der Waals surface area contributed by atoms with Gasteiger partial charge in [0.1, 0.15) is 11.4 Å². The van der Waals surface area contributed by atoms with E-state index in [0.29, 0.717) is 12.0 Å². The van der Waals surface area contributed by atoms with Crippen LogP contribution in [0.4, 0.5) is 10.1 Å². The number of hydrogen-bond acceptors (Lipinski definition) is 2. The largest absolute Gasteiger partial charge is 0.506 e. The fourth-order valence-corrected chi connectivity index (χ4v) is 2.30. The van der Waals surface area contributed by atoms with Crippen LogP contribution in [0.25, 0.3) is 0 Å². The first-order chi connectivity index (χ1) is 8.22. The average Bonchev–Trinajstić information content (AvgIpc) is 2.82. The predicted octanol–water partition coefficient (Wildman–Crippen LogP) is 3.62. The molecule has 92 valence electrons. The Kier molecular flexibility index (Phi) is 3.67. The molecule has 17 heavy (non-hydrogen) atoms. The van der Waals surface area contributed by atoms with E-state index in [-0.39, 0.29) is 17.3 Å². The molecule has 2 nitrogen and oxygen atoms in total. The molecule has 2 rings (SSSR count). The van der Waals surface area contributed by atoms with Crippen LogP contribution < -0.4 is 5.32 Å². The quantitative estimate of drug-likeness (QED) is 0.617. The molecule has 0 heterocycles. The fraction of sp³-hybridized carbons (Fsp3) is 0.429. The molecule has 0 fully saturated rings. The molecule has 0 amide bonds. The molecule has 0 radical (unpaired) electrons. The van der Waals surface area contributed by atoms with E-state index in [1.165, 1.54) is 12.0 Å². The number of anilines is 1. The average molecular weight is 235 g/mol. The minimum absolute atomic E-state index is 0.0335. The van der Waals surface area contributed by atoms with E-state index < -0.39 is 0 Å². The molecule has 0 atom stereocenters.